The van der Waals surface area contributed by atoms with Crippen LogP contribution in [-0.2, 0) is 0 Å². The van der Waals surface area contributed by atoms with Crippen LogP contribution in [0.2, 0.25) is 0 Å². The third-order valence-corrected chi connectivity index (χ3v) is 3.25. The molecule has 5 heteroatoms. The Morgan fingerprint density at radius 3 is 2.50 bits per heavy atom. The monoisotopic (exact) mass is 279 g/mol. The minimum atomic E-state index is -0.278. The predicted octanol–water partition coefficient (Wildman–Crippen LogP) is 1.74. The van der Waals surface area contributed by atoms with E-state index in [-0.39, 0.29) is 18.1 Å². The number of hydrogen-bond acceptors (Lipinski definition) is 4. The van der Waals surface area contributed by atoms with Crippen molar-refractivity contribution in [3.63, 3.8) is 0 Å². The standard InChI is InChI=1S/C15H21NO4/c1-3-19-13-6-5-10(7-14(13)20-4-2)15(18)16-11-8-12(17)9-11/h5-7,11-12,17H,3-4,8-9H2,1-2H3,(H,16,18). The Hall–Kier alpha value is -1.75. The molecule has 5 nitrogen and oxygen atoms in total. The van der Waals surface area contributed by atoms with Gasteiger partial charge in [0.2, 0.25) is 0 Å². The van der Waals surface area contributed by atoms with Crippen molar-refractivity contribution in [2.24, 2.45) is 0 Å². The second kappa shape index (κ2) is 6.61. The van der Waals surface area contributed by atoms with E-state index < -0.39 is 0 Å². The lowest BCUT2D eigenvalue weighted by Crippen LogP contribution is -2.46. The lowest BCUT2D eigenvalue weighted by atomic mass is 9.89. The van der Waals surface area contributed by atoms with Gasteiger partial charge in [0.1, 0.15) is 0 Å². The van der Waals surface area contributed by atoms with Crippen LogP contribution < -0.4 is 14.8 Å². The van der Waals surface area contributed by atoms with Crippen LogP contribution in [0.5, 0.6) is 11.5 Å². The van der Waals surface area contributed by atoms with Gasteiger partial charge in [-0.15, -0.1) is 0 Å². The summed E-state index contributed by atoms with van der Waals surface area (Å²) in [7, 11) is 0. The first-order valence-corrected chi connectivity index (χ1v) is 7.02. The van der Waals surface area contributed by atoms with Crippen LogP contribution in [0, 0.1) is 0 Å². The number of benzene rings is 1. The van der Waals surface area contributed by atoms with Gasteiger partial charge in [-0.2, -0.15) is 0 Å². The molecule has 1 aliphatic rings. The number of aliphatic hydroxyl groups is 1. The Bertz CT molecular complexity index is 469. The molecule has 2 rings (SSSR count). The summed E-state index contributed by atoms with van der Waals surface area (Å²) < 4.78 is 11.0. The molecule has 20 heavy (non-hydrogen) atoms. The predicted molar refractivity (Wildman–Crippen MR) is 75.3 cm³/mol. The Kier molecular flexibility index (Phi) is 4.84. The van der Waals surface area contributed by atoms with Crippen LogP contribution in [0.15, 0.2) is 18.2 Å². The fourth-order valence-electron chi connectivity index (χ4n) is 2.17. The van der Waals surface area contributed by atoms with E-state index in [0.29, 0.717) is 43.1 Å². The van der Waals surface area contributed by atoms with Crippen molar-refractivity contribution in [2.45, 2.75) is 38.8 Å². The van der Waals surface area contributed by atoms with Crippen molar-refractivity contribution in [3.8, 4) is 11.5 Å². The fraction of sp³-hybridized carbons (Fsp3) is 0.533. The summed E-state index contributed by atoms with van der Waals surface area (Å²) in [6.45, 7) is 4.85. The van der Waals surface area contributed by atoms with Crippen molar-refractivity contribution in [3.05, 3.63) is 23.8 Å². The number of carbonyl (C=O) groups is 1. The average molecular weight is 279 g/mol. The molecule has 0 unspecified atom stereocenters. The molecule has 1 aliphatic carbocycles. The molecule has 1 fully saturated rings. The zero-order chi connectivity index (χ0) is 14.5. The number of ether oxygens (including phenoxy) is 2. The fourth-order valence-corrected chi connectivity index (χ4v) is 2.17. The molecule has 1 amide bonds. The van der Waals surface area contributed by atoms with Gasteiger partial charge in [0.25, 0.3) is 5.91 Å². The first-order valence-electron chi connectivity index (χ1n) is 7.02. The molecule has 0 saturated heterocycles. The van der Waals surface area contributed by atoms with Gasteiger partial charge in [-0.25, -0.2) is 0 Å². The maximum atomic E-state index is 12.1. The van der Waals surface area contributed by atoms with Gasteiger partial charge in [0.05, 0.1) is 19.3 Å². The molecule has 0 bridgehead atoms. The number of hydrogen-bond donors (Lipinski definition) is 2. The SMILES string of the molecule is CCOc1ccc(C(=O)NC2CC(O)C2)cc1OCC. The van der Waals surface area contributed by atoms with E-state index in [9.17, 15) is 9.90 Å². The van der Waals surface area contributed by atoms with Crippen LogP contribution in [0.25, 0.3) is 0 Å². The van der Waals surface area contributed by atoms with E-state index in [1.54, 1.807) is 18.2 Å². The van der Waals surface area contributed by atoms with E-state index in [4.69, 9.17) is 9.47 Å². The first kappa shape index (κ1) is 14.7. The molecule has 1 saturated carbocycles. The summed E-state index contributed by atoms with van der Waals surface area (Å²) in [5.41, 5.74) is 0.540. The van der Waals surface area contributed by atoms with Crippen LogP contribution >= 0.6 is 0 Å². The Morgan fingerprint density at radius 2 is 1.90 bits per heavy atom. The highest BCUT2D eigenvalue weighted by Gasteiger charge is 2.28. The molecule has 0 aromatic heterocycles. The van der Waals surface area contributed by atoms with Crippen molar-refractivity contribution in [1.82, 2.24) is 5.32 Å². The number of aliphatic hydroxyl groups excluding tert-OH is 1. The summed E-state index contributed by atoms with van der Waals surface area (Å²) in [4.78, 5) is 12.1. The lowest BCUT2D eigenvalue weighted by Gasteiger charge is -2.31. The van der Waals surface area contributed by atoms with Gasteiger partial charge >= 0.3 is 0 Å². The van der Waals surface area contributed by atoms with E-state index >= 15 is 0 Å². The molecule has 0 radical (unpaired) electrons. The Balaban J connectivity index is 2.06. The van der Waals surface area contributed by atoms with E-state index in [1.807, 2.05) is 13.8 Å². The first-order chi connectivity index (χ1) is 9.63. The minimum absolute atomic E-state index is 0.0691. The number of amides is 1. The van der Waals surface area contributed by atoms with Crippen molar-refractivity contribution in [2.75, 3.05) is 13.2 Å². The second-order valence-electron chi connectivity index (χ2n) is 4.82. The number of rotatable bonds is 6. The van der Waals surface area contributed by atoms with Gasteiger partial charge < -0.3 is 19.9 Å². The molecule has 1 aromatic rings. The smallest absolute Gasteiger partial charge is 0.251 e. The van der Waals surface area contributed by atoms with Crippen molar-refractivity contribution < 1.29 is 19.4 Å². The third kappa shape index (κ3) is 3.42. The number of carbonyl (C=O) groups excluding carboxylic acids is 1. The van der Waals surface area contributed by atoms with Crippen LogP contribution in [0.3, 0.4) is 0 Å². The highest BCUT2D eigenvalue weighted by atomic mass is 16.5. The highest BCUT2D eigenvalue weighted by molar-refractivity contribution is 5.95. The molecular formula is C15H21NO4. The van der Waals surface area contributed by atoms with Crippen molar-refractivity contribution >= 4 is 5.91 Å². The molecule has 0 heterocycles. The lowest BCUT2D eigenvalue weighted by molar-refractivity contribution is 0.0562. The topological polar surface area (TPSA) is 67.8 Å². The Labute approximate surface area is 118 Å². The zero-order valence-electron chi connectivity index (χ0n) is 11.9. The summed E-state index contributed by atoms with van der Waals surface area (Å²) in [6.07, 6.45) is 0.974. The average Bonchev–Trinajstić information content (AvgIpc) is 2.39. The Morgan fingerprint density at radius 1 is 1.25 bits per heavy atom. The van der Waals surface area contributed by atoms with Crippen LogP contribution in [0.1, 0.15) is 37.0 Å². The molecular weight excluding hydrogens is 258 g/mol. The molecule has 2 N–H and O–H groups in total. The summed E-state index contributed by atoms with van der Waals surface area (Å²) in [5, 5.41) is 12.1. The normalized spacial score (nSPS) is 20.9. The largest absolute Gasteiger partial charge is 0.490 e. The summed E-state index contributed by atoms with van der Waals surface area (Å²) in [6, 6.07) is 5.23. The second-order valence-corrected chi connectivity index (χ2v) is 4.82. The molecule has 0 atom stereocenters. The minimum Gasteiger partial charge on any atom is -0.490 e. The van der Waals surface area contributed by atoms with Gasteiger partial charge in [0, 0.05) is 11.6 Å². The van der Waals surface area contributed by atoms with Crippen molar-refractivity contribution in [1.29, 1.82) is 0 Å². The third-order valence-electron chi connectivity index (χ3n) is 3.25. The number of nitrogens with one attached hydrogen (secondary N) is 1. The van der Waals surface area contributed by atoms with Gasteiger partial charge in [-0.05, 0) is 44.9 Å². The molecule has 1 aromatic carbocycles. The summed E-state index contributed by atoms with van der Waals surface area (Å²) in [5.74, 6) is 1.08. The van der Waals surface area contributed by atoms with Crippen LogP contribution in [-0.4, -0.2) is 36.4 Å². The maximum absolute atomic E-state index is 12.1. The highest BCUT2D eigenvalue weighted by Crippen LogP contribution is 2.29. The van der Waals surface area contributed by atoms with Gasteiger partial charge in [0.15, 0.2) is 11.5 Å². The van der Waals surface area contributed by atoms with E-state index in [1.165, 1.54) is 0 Å². The van der Waals surface area contributed by atoms with E-state index in [2.05, 4.69) is 5.32 Å². The molecule has 0 aliphatic heterocycles. The van der Waals surface area contributed by atoms with E-state index in [0.717, 1.165) is 0 Å². The van der Waals surface area contributed by atoms with Crippen LogP contribution in [0.4, 0.5) is 0 Å². The molecule has 0 spiro atoms. The van der Waals surface area contributed by atoms with Gasteiger partial charge in [-0.3, -0.25) is 4.79 Å². The maximum Gasteiger partial charge on any atom is 0.251 e. The van der Waals surface area contributed by atoms with Gasteiger partial charge in [-0.1, -0.05) is 0 Å². The zero-order valence-corrected chi connectivity index (χ0v) is 11.9. The molecule has 110 valence electrons. The summed E-state index contributed by atoms with van der Waals surface area (Å²) >= 11 is 0. The quantitative estimate of drug-likeness (QED) is 0.832.